The maximum atomic E-state index is 13.4. The molecular weight excluding hydrogens is 476 g/mol. The molecule has 196 valence electrons. The van der Waals surface area contributed by atoms with E-state index in [1.807, 2.05) is 69.3 Å². The first-order valence-electron chi connectivity index (χ1n) is 13.1. The van der Waals surface area contributed by atoms with E-state index in [-0.39, 0.29) is 30.3 Å². The van der Waals surface area contributed by atoms with E-state index >= 15 is 0 Å². The molecule has 0 bridgehead atoms. The maximum Gasteiger partial charge on any atom is 0.244 e. The Bertz CT molecular complexity index is 1390. The van der Waals surface area contributed by atoms with Crippen molar-refractivity contribution in [3.8, 4) is 0 Å². The minimum Gasteiger partial charge on any atom is -0.326 e. The number of benzene rings is 1. The highest BCUT2D eigenvalue weighted by atomic mass is 16.2. The Morgan fingerprint density at radius 3 is 2.79 bits per heavy atom. The standard InChI is InChI=1S/C31H34N4O3/c1-5-7-9-20(6-2)25-13-14-30(3,4)29(38)35(25)19-26(36)33-23-12-11-21-17-31(18-22(21)16-23)24-10-8-15-32-27(24)34-28(31)37/h5-12,15-16,25H,2,13-14,17-19H2,1,3-4H3,(H,33,36)(H,32,34,37)/b7-5-,20-9+. The second kappa shape index (κ2) is 9.71. The maximum absolute atomic E-state index is 13.4. The number of carbonyl (C=O) groups excluding carboxylic acids is 3. The fourth-order valence-electron chi connectivity index (χ4n) is 6.04. The summed E-state index contributed by atoms with van der Waals surface area (Å²) in [5, 5.41) is 5.92. The lowest BCUT2D eigenvalue weighted by molar-refractivity contribution is -0.148. The van der Waals surface area contributed by atoms with Crippen LogP contribution in [0, 0.1) is 5.41 Å². The van der Waals surface area contributed by atoms with Crippen LogP contribution in [0.25, 0.3) is 0 Å². The van der Waals surface area contributed by atoms with E-state index in [9.17, 15) is 14.4 Å². The second-order valence-electron chi connectivity index (χ2n) is 11.1. The van der Waals surface area contributed by atoms with E-state index in [0.29, 0.717) is 24.3 Å². The first-order valence-corrected chi connectivity index (χ1v) is 13.1. The summed E-state index contributed by atoms with van der Waals surface area (Å²) in [5.41, 5.74) is 3.44. The third-order valence-electron chi connectivity index (χ3n) is 8.14. The first-order chi connectivity index (χ1) is 18.2. The molecule has 1 saturated heterocycles. The third-order valence-corrected chi connectivity index (χ3v) is 8.14. The zero-order valence-electron chi connectivity index (χ0n) is 22.2. The number of pyridine rings is 1. The molecule has 2 aliphatic heterocycles. The number of anilines is 2. The number of aromatic nitrogens is 1. The number of hydrogen-bond donors (Lipinski definition) is 2. The van der Waals surface area contributed by atoms with Crippen LogP contribution >= 0.6 is 0 Å². The van der Waals surface area contributed by atoms with Gasteiger partial charge in [0.2, 0.25) is 17.7 Å². The summed E-state index contributed by atoms with van der Waals surface area (Å²) < 4.78 is 0. The third kappa shape index (κ3) is 4.36. The summed E-state index contributed by atoms with van der Waals surface area (Å²) >= 11 is 0. The van der Waals surface area contributed by atoms with Crippen molar-refractivity contribution in [3.63, 3.8) is 0 Å². The van der Waals surface area contributed by atoms with Crippen molar-refractivity contribution < 1.29 is 14.4 Å². The van der Waals surface area contributed by atoms with E-state index in [0.717, 1.165) is 35.1 Å². The molecular formula is C31H34N4O3. The molecule has 3 amide bonds. The van der Waals surface area contributed by atoms with Gasteiger partial charge in [0, 0.05) is 22.9 Å². The average Bonchev–Trinajstić information content (AvgIpc) is 3.40. The lowest BCUT2D eigenvalue weighted by Crippen LogP contribution is -2.54. The zero-order valence-corrected chi connectivity index (χ0v) is 22.2. The van der Waals surface area contributed by atoms with Crippen molar-refractivity contribution in [1.29, 1.82) is 0 Å². The molecule has 1 aromatic carbocycles. The Hall–Kier alpha value is -4.00. The molecule has 2 atom stereocenters. The lowest BCUT2D eigenvalue weighted by Gasteiger charge is -2.43. The zero-order chi connectivity index (χ0) is 27.1. The van der Waals surface area contributed by atoms with Gasteiger partial charge in [-0.15, -0.1) is 0 Å². The van der Waals surface area contributed by atoms with Crippen LogP contribution in [0.4, 0.5) is 11.5 Å². The van der Waals surface area contributed by atoms with Gasteiger partial charge in [-0.05, 0) is 67.5 Å². The smallest absolute Gasteiger partial charge is 0.244 e. The Labute approximate surface area is 223 Å². The fraction of sp³-hybridized carbons (Fsp3) is 0.355. The molecule has 38 heavy (non-hydrogen) atoms. The van der Waals surface area contributed by atoms with Crippen molar-refractivity contribution in [2.75, 3.05) is 17.2 Å². The monoisotopic (exact) mass is 510 g/mol. The van der Waals surface area contributed by atoms with Crippen LogP contribution in [0.1, 0.15) is 50.3 Å². The Balaban J connectivity index is 1.34. The van der Waals surface area contributed by atoms with Gasteiger partial charge >= 0.3 is 0 Å². The van der Waals surface area contributed by atoms with Crippen LogP contribution in [-0.2, 0) is 32.6 Å². The molecule has 1 fully saturated rings. The summed E-state index contributed by atoms with van der Waals surface area (Å²) in [6.45, 7) is 9.70. The van der Waals surface area contributed by atoms with E-state index in [4.69, 9.17) is 0 Å². The molecule has 0 radical (unpaired) electrons. The molecule has 2 aromatic rings. The number of nitrogens with zero attached hydrogens (tertiary/aromatic N) is 2. The van der Waals surface area contributed by atoms with E-state index in [2.05, 4.69) is 22.2 Å². The quantitative estimate of drug-likeness (QED) is 0.551. The Morgan fingerprint density at radius 1 is 1.24 bits per heavy atom. The number of hydrogen-bond acceptors (Lipinski definition) is 4. The normalized spacial score (nSPS) is 23.9. The summed E-state index contributed by atoms with van der Waals surface area (Å²) in [4.78, 5) is 45.6. The predicted octanol–water partition coefficient (Wildman–Crippen LogP) is 4.71. The lowest BCUT2D eigenvalue weighted by atomic mass is 9.78. The number of carbonyl (C=O) groups is 3. The van der Waals surface area contributed by atoms with Crippen LogP contribution in [-0.4, -0.2) is 40.2 Å². The van der Waals surface area contributed by atoms with Gasteiger partial charge < -0.3 is 15.5 Å². The van der Waals surface area contributed by atoms with Gasteiger partial charge in [0.25, 0.3) is 0 Å². The van der Waals surface area contributed by atoms with Crippen molar-refractivity contribution in [3.05, 3.63) is 89.7 Å². The van der Waals surface area contributed by atoms with Crippen LogP contribution in [0.2, 0.25) is 0 Å². The van der Waals surface area contributed by atoms with Gasteiger partial charge in [0.15, 0.2) is 0 Å². The minimum absolute atomic E-state index is 0.0331. The molecule has 1 aromatic heterocycles. The van der Waals surface area contributed by atoms with Gasteiger partial charge in [-0.2, -0.15) is 0 Å². The Kier molecular flexibility index (Phi) is 6.55. The van der Waals surface area contributed by atoms with E-state index in [1.165, 1.54) is 0 Å². The molecule has 0 saturated carbocycles. The number of amides is 3. The molecule has 2 N–H and O–H groups in total. The second-order valence-corrected chi connectivity index (χ2v) is 11.1. The summed E-state index contributed by atoms with van der Waals surface area (Å²) in [5.74, 6) is 0.308. The molecule has 7 nitrogen and oxygen atoms in total. The topological polar surface area (TPSA) is 91.4 Å². The van der Waals surface area contributed by atoms with Crippen molar-refractivity contribution in [2.24, 2.45) is 5.41 Å². The van der Waals surface area contributed by atoms with Gasteiger partial charge in [-0.1, -0.05) is 56.9 Å². The average molecular weight is 511 g/mol. The van der Waals surface area contributed by atoms with Crippen molar-refractivity contribution >= 4 is 29.2 Å². The molecule has 3 aliphatic rings. The number of likely N-dealkylation sites (tertiary alicyclic amines) is 1. The van der Waals surface area contributed by atoms with Crippen LogP contribution in [0.3, 0.4) is 0 Å². The van der Waals surface area contributed by atoms with Gasteiger partial charge in [-0.3, -0.25) is 14.4 Å². The molecule has 1 spiro atoms. The predicted molar refractivity (Wildman–Crippen MR) is 149 cm³/mol. The highest BCUT2D eigenvalue weighted by Gasteiger charge is 2.51. The Morgan fingerprint density at radius 2 is 2.03 bits per heavy atom. The number of rotatable bonds is 6. The molecule has 5 rings (SSSR count). The van der Waals surface area contributed by atoms with Crippen LogP contribution in [0.5, 0.6) is 0 Å². The molecule has 3 heterocycles. The first kappa shape index (κ1) is 25.6. The molecule has 7 heteroatoms. The van der Waals surface area contributed by atoms with Crippen LogP contribution < -0.4 is 10.6 Å². The van der Waals surface area contributed by atoms with Crippen molar-refractivity contribution in [2.45, 2.75) is 57.9 Å². The SMILES string of the molecule is C=C/C(=C\C=C/C)C1CCC(C)(C)C(=O)N1CC(=O)Nc1ccc2c(c1)CC1(C2)C(=O)Nc2ncccc21. The highest BCUT2D eigenvalue weighted by molar-refractivity contribution is 6.06. The minimum atomic E-state index is -0.659. The largest absolute Gasteiger partial charge is 0.326 e. The van der Waals surface area contributed by atoms with E-state index in [1.54, 1.807) is 17.2 Å². The highest BCUT2D eigenvalue weighted by Crippen LogP contribution is 2.47. The van der Waals surface area contributed by atoms with Gasteiger partial charge in [0.1, 0.15) is 12.4 Å². The fourth-order valence-corrected chi connectivity index (χ4v) is 6.04. The van der Waals surface area contributed by atoms with Gasteiger partial charge in [-0.25, -0.2) is 4.98 Å². The number of allylic oxidation sites excluding steroid dienone is 3. The molecule has 2 unspecified atom stereocenters. The van der Waals surface area contributed by atoms with Gasteiger partial charge in [0.05, 0.1) is 11.5 Å². The molecule has 1 aliphatic carbocycles. The van der Waals surface area contributed by atoms with Crippen molar-refractivity contribution in [1.82, 2.24) is 9.88 Å². The number of nitrogens with one attached hydrogen (secondary N) is 2. The summed E-state index contributed by atoms with van der Waals surface area (Å²) in [6.07, 6.45) is 11.9. The summed E-state index contributed by atoms with van der Waals surface area (Å²) in [6, 6.07) is 9.42. The van der Waals surface area contributed by atoms with Crippen LogP contribution in [0.15, 0.2) is 73.0 Å². The summed E-state index contributed by atoms with van der Waals surface area (Å²) in [7, 11) is 0. The van der Waals surface area contributed by atoms with E-state index < -0.39 is 10.8 Å². The number of piperidine rings is 1. The number of fused-ring (bicyclic) bond motifs is 3.